The number of aliphatic carboxylic acids is 1. The van der Waals surface area contributed by atoms with Crippen LogP contribution in [0, 0.1) is 11.8 Å². The van der Waals surface area contributed by atoms with E-state index in [0.717, 1.165) is 24.3 Å². The fourth-order valence-corrected chi connectivity index (χ4v) is 3.98. The van der Waals surface area contributed by atoms with E-state index in [1.54, 1.807) is 6.20 Å². The van der Waals surface area contributed by atoms with Gasteiger partial charge in [-0.3, -0.25) is 0 Å². The summed E-state index contributed by atoms with van der Waals surface area (Å²) in [5.74, 6) is -0.413. The lowest BCUT2D eigenvalue weighted by atomic mass is 9.94. The molecule has 0 radical (unpaired) electrons. The molecule has 2 amide bonds. The second-order valence-corrected chi connectivity index (χ2v) is 6.35. The molecule has 6 nitrogen and oxygen atoms in total. The Morgan fingerprint density at radius 2 is 2.35 bits per heavy atom. The third-order valence-corrected chi connectivity index (χ3v) is 5.06. The summed E-state index contributed by atoms with van der Waals surface area (Å²) in [7, 11) is 0. The van der Waals surface area contributed by atoms with Crippen LogP contribution in [0.2, 0.25) is 0 Å². The first kappa shape index (κ1) is 13.4. The number of fused-ring (bicyclic) bond motifs is 1. The quantitative estimate of drug-likeness (QED) is 0.886. The summed E-state index contributed by atoms with van der Waals surface area (Å²) in [6.07, 6.45) is 4.71. The molecule has 1 aliphatic carbocycles. The van der Waals surface area contributed by atoms with Crippen molar-refractivity contribution in [2.75, 3.05) is 6.54 Å². The second kappa shape index (κ2) is 5.40. The molecule has 20 heavy (non-hydrogen) atoms. The van der Waals surface area contributed by atoms with Crippen LogP contribution in [-0.2, 0) is 11.3 Å². The van der Waals surface area contributed by atoms with Crippen LogP contribution in [0.3, 0.4) is 0 Å². The van der Waals surface area contributed by atoms with Crippen LogP contribution < -0.4 is 5.32 Å². The number of amides is 2. The molecular weight excluding hydrogens is 278 g/mol. The minimum atomic E-state index is -0.885. The molecule has 1 aromatic rings. The van der Waals surface area contributed by atoms with Gasteiger partial charge in [0.05, 0.1) is 6.54 Å². The molecule has 2 fully saturated rings. The van der Waals surface area contributed by atoms with Crippen molar-refractivity contribution in [1.82, 2.24) is 15.2 Å². The molecule has 108 valence electrons. The van der Waals surface area contributed by atoms with Crippen LogP contribution in [0.15, 0.2) is 11.6 Å². The fraction of sp³-hybridized carbons (Fsp3) is 0.615. The van der Waals surface area contributed by atoms with Gasteiger partial charge in [0.15, 0.2) is 0 Å². The molecule has 3 unspecified atom stereocenters. The molecule has 1 saturated carbocycles. The Balaban J connectivity index is 1.65. The Bertz CT molecular complexity index is 505. The third kappa shape index (κ3) is 2.37. The maximum Gasteiger partial charge on any atom is 0.326 e. The summed E-state index contributed by atoms with van der Waals surface area (Å²) in [6, 6.07) is -0.958. The largest absolute Gasteiger partial charge is 0.480 e. The molecule has 3 rings (SSSR count). The van der Waals surface area contributed by atoms with Gasteiger partial charge >= 0.3 is 12.0 Å². The van der Waals surface area contributed by atoms with Crippen molar-refractivity contribution in [3.63, 3.8) is 0 Å². The summed E-state index contributed by atoms with van der Waals surface area (Å²) < 4.78 is 0. The monoisotopic (exact) mass is 295 g/mol. The lowest BCUT2D eigenvalue weighted by Gasteiger charge is -2.24. The first-order valence-electron chi connectivity index (χ1n) is 6.82. The number of hydrogen-bond donors (Lipinski definition) is 2. The van der Waals surface area contributed by atoms with Gasteiger partial charge < -0.3 is 15.3 Å². The van der Waals surface area contributed by atoms with E-state index in [2.05, 4.69) is 10.3 Å². The highest BCUT2D eigenvalue weighted by Gasteiger charge is 2.49. The van der Waals surface area contributed by atoms with Crippen LogP contribution in [0.25, 0.3) is 0 Å². The second-order valence-electron chi connectivity index (χ2n) is 5.37. The first-order valence-corrected chi connectivity index (χ1v) is 7.70. The number of thiazole rings is 1. The van der Waals surface area contributed by atoms with Crippen molar-refractivity contribution in [1.29, 1.82) is 0 Å². The molecule has 2 heterocycles. The van der Waals surface area contributed by atoms with E-state index in [1.165, 1.54) is 16.2 Å². The highest BCUT2D eigenvalue weighted by molar-refractivity contribution is 7.09. The molecule has 0 aromatic carbocycles. The maximum atomic E-state index is 12.2. The van der Waals surface area contributed by atoms with E-state index in [1.807, 2.05) is 5.38 Å². The minimum absolute atomic E-state index is 0.123. The topological polar surface area (TPSA) is 82.5 Å². The van der Waals surface area contributed by atoms with Crippen LogP contribution in [-0.4, -0.2) is 39.6 Å². The van der Waals surface area contributed by atoms with Gasteiger partial charge in [-0.2, -0.15) is 0 Å². The number of nitrogens with one attached hydrogen (secondary N) is 1. The van der Waals surface area contributed by atoms with E-state index in [-0.39, 0.29) is 11.9 Å². The van der Waals surface area contributed by atoms with Gasteiger partial charge in [-0.15, -0.1) is 11.3 Å². The number of rotatable bonds is 3. The van der Waals surface area contributed by atoms with E-state index in [9.17, 15) is 14.7 Å². The average Bonchev–Trinajstić information content (AvgIpc) is 3.10. The van der Waals surface area contributed by atoms with Gasteiger partial charge in [0.2, 0.25) is 0 Å². The normalized spacial score (nSPS) is 28.4. The highest BCUT2D eigenvalue weighted by Crippen LogP contribution is 2.42. The number of carbonyl (C=O) groups excluding carboxylic acids is 1. The standard InChI is InChI=1S/C13H17N3O3S/c17-12(18)11-9-3-1-2-8(9)7-16(11)13(19)15-6-10-14-4-5-20-10/h4-5,8-9,11H,1-3,6-7H2,(H,15,19)(H,17,18). The van der Waals surface area contributed by atoms with Crippen molar-refractivity contribution in [2.24, 2.45) is 11.8 Å². The molecule has 3 atom stereocenters. The summed E-state index contributed by atoms with van der Waals surface area (Å²) >= 11 is 1.47. The number of urea groups is 1. The van der Waals surface area contributed by atoms with Gasteiger partial charge in [-0.05, 0) is 24.7 Å². The Labute approximate surface area is 120 Å². The van der Waals surface area contributed by atoms with Crippen molar-refractivity contribution in [3.05, 3.63) is 16.6 Å². The Hall–Kier alpha value is -1.63. The smallest absolute Gasteiger partial charge is 0.326 e. The Kier molecular flexibility index (Phi) is 3.60. The van der Waals surface area contributed by atoms with Crippen molar-refractivity contribution in [3.8, 4) is 0 Å². The Morgan fingerprint density at radius 3 is 3.05 bits per heavy atom. The number of nitrogens with zero attached hydrogens (tertiary/aromatic N) is 2. The number of likely N-dealkylation sites (tertiary alicyclic amines) is 1. The molecule has 0 bridgehead atoms. The molecule has 7 heteroatoms. The van der Waals surface area contributed by atoms with Crippen molar-refractivity contribution in [2.45, 2.75) is 31.8 Å². The third-order valence-electron chi connectivity index (χ3n) is 4.28. The number of hydrogen-bond acceptors (Lipinski definition) is 4. The van der Waals surface area contributed by atoms with Crippen LogP contribution >= 0.6 is 11.3 Å². The molecule has 1 saturated heterocycles. The number of carboxylic acids is 1. The molecule has 1 aliphatic heterocycles. The maximum absolute atomic E-state index is 12.2. The van der Waals surface area contributed by atoms with E-state index >= 15 is 0 Å². The van der Waals surface area contributed by atoms with Crippen molar-refractivity contribution < 1.29 is 14.7 Å². The lowest BCUT2D eigenvalue weighted by molar-refractivity contribution is -0.142. The summed E-state index contributed by atoms with van der Waals surface area (Å²) in [5.41, 5.74) is 0. The van der Waals surface area contributed by atoms with E-state index < -0.39 is 12.0 Å². The highest BCUT2D eigenvalue weighted by atomic mass is 32.1. The number of aromatic nitrogens is 1. The molecule has 2 aliphatic rings. The molecular formula is C13H17N3O3S. The first-order chi connectivity index (χ1) is 9.66. The van der Waals surface area contributed by atoms with Crippen LogP contribution in [0.4, 0.5) is 4.79 Å². The zero-order chi connectivity index (χ0) is 14.1. The van der Waals surface area contributed by atoms with Crippen LogP contribution in [0.1, 0.15) is 24.3 Å². The predicted molar refractivity (Wildman–Crippen MR) is 73.3 cm³/mol. The fourth-order valence-electron chi connectivity index (χ4n) is 3.42. The van der Waals surface area contributed by atoms with Gasteiger partial charge in [0.25, 0.3) is 0 Å². The lowest BCUT2D eigenvalue weighted by Crippen LogP contribution is -2.47. The molecule has 2 N–H and O–H groups in total. The minimum Gasteiger partial charge on any atom is -0.480 e. The molecule has 1 aromatic heterocycles. The number of carboxylic acid groups (broad SMARTS) is 1. The van der Waals surface area contributed by atoms with Gasteiger partial charge in [-0.1, -0.05) is 6.42 Å². The summed E-state index contributed by atoms with van der Waals surface area (Å²) in [4.78, 5) is 29.3. The van der Waals surface area contributed by atoms with E-state index in [4.69, 9.17) is 0 Å². The van der Waals surface area contributed by atoms with E-state index in [0.29, 0.717) is 19.0 Å². The zero-order valence-corrected chi connectivity index (χ0v) is 11.8. The summed E-state index contributed by atoms with van der Waals surface area (Å²) in [5, 5.41) is 14.8. The average molecular weight is 295 g/mol. The van der Waals surface area contributed by atoms with Gasteiger partial charge in [-0.25, -0.2) is 14.6 Å². The zero-order valence-electron chi connectivity index (χ0n) is 11.0. The van der Waals surface area contributed by atoms with Gasteiger partial charge in [0, 0.05) is 18.1 Å². The predicted octanol–water partition coefficient (Wildman–Crippen LogP) is 1.54. The van der Waals surface area contributed by atoms with Gasteiger partial charge in [0.1, 0.15) is 11.0 Å². The molecule has 0 spiro atoms. The summed E-state index contributed by atoms with van der Waals surface area (Å²) in [6.45, 7) is 0.917. The van der Waals surface area contributed by atoms with Crippen molar-refractivity contribution >= 4 is 23.3 Å². The SMILES string of the molecule is O=C(O)C1C2CCCC2CN1C(=O)NCc1nccs1. The number of carbonyl (C=O) groups is 2. The Morgan fingerprint density at radius 1 is 1.50 bits per heavy atom. The van der Waals surface area contributed by atoms with Crippen LogP contribution in [0.5, 0.6) is 0 Å².